The van der Waals surface area contributed by atoms with E-state index < -0.39 is 0 Å². The Morgan fingerprint density at radius 1 is 0.846 bits per heavy atom. The Balaban J connectivity index is -0.000000169. The molecule has 0 saturated carbocycles. The van der Waals surface area contributed by atoms with E-state index in [1.54, 1.807) is 0 Å². The quantitative estimate of drug-likeness (QED) is 0.654. The molecule has 0 aromatic rings. The van der Waals surface area contributed by atoms with Gasteiger partial charge in [0.25, 0.3) is 0 Å². The van der Waals surface area contributed by atoms with Gasteiger partial charge < -0.3 is 11.1 Å². The number of hydrogen-bond donors (Lipinski definition) is 2. The van der Waals surface area contributed by atoms with Crippen molar-refractivity contribution in [2.45, 2.75) is 53.4 Å². The Hall–Kier alpha value is -0.0800. The molecule has 0 fully saturated rings. The number of unbranched alkanes of at least 4 members (excludes halogenated alkanes) is 1. The molecule has 0 atom stereocenters. The Morgan fingerprint density at radius 3 is 1.62 bits per heavy atom. The molecule has 13 heavy (non-hydrogen) atoms. The Kier molecular flexibility index (Phi) is 42.6. The average Bonchev–Trinajstić information content (AvgIpc) is 2.17. The molecule has 0 unspecified atom stereocenters. The second-order valence-corrected chi connectivity index (χ2v) is 2.81. The standard InChI is InChI=1S/C7H17N.C3H8.CH5N/c1-3-5-7-8-6-4-2;1-3-2;1-2/h8H,3-7H2,1-2H3;3H2,1-2H3;2H2,1H3. The zero-order valence-electron chi connectivity index (χ0n) is 10.3. The van der Waals surface area contributed by atoms with Gasteiger partial charge in [-0.3, -0.25) is 0 Å². The lowest BCUT2D eigenvalue weighted by Crippen LogP contribution is -2.15. The zero-order chi connectivity index (χ0) is 10.9. The lowest BCUT2D eigenvalue weighted by molar-refractivity contribution is 0.633. The van der Waals surface area contributed by atoms with Crippen molar-refractivity contribution < 1.29 is 0 Å². The van der Waals surface area contributed by atoms with Gasteiger partial charge in [0, 0.05) is 0 Å². The first-order chi connectivity index (χ1) is 6.33. The first-order valence-electron chi connectivity index (χ1n) is 5.61. The molecule has 0 spiro atoms. The van der Waals surface area contributed by atoms with Gasteiger partial charge in [-0.2, -0.15) is 0 Å². The maximum absolute atomic E-state index is 4.50. The van der Waals surface area contributed by atoms with E-state index in [1.165, 1.54) is 45.8 Å². The summed E-state index contributed by atoms with van der Waals surface area (Å²) < 4.78 is 0. The highest BCUT2D eigenvalue weighted by Gasteiger charge is 1.80. The van der Waals surface area contributed by atoms with Crippen molar-refractivity contribution >= 4 is 0 Å². The monoisotopic (exact) mass is 190 g/mol. The molecule has 0 aliphatic rings. The van der Waals surface area contributed by atoms with Crippen molar-refractivity contribution in [2.24, 2.45) is 5.73 Å². The second kappa shape index (κ2) is 29.7. The Bertz CT molecular complexity index is 41.4. The maximum Gasteiger partial charge on any atom is -0.00490 e. The molecule has 0 saturated heterocycles. The minimum absolute atomic E-state index is 1.18. The molecule has 0 radical (unpaired) electrons. The SMILES string of the molecule is CCC.CCCCNCCC.CN. The van der Waals surface area contributed by atoms with E-state index in [0.717, 1.165) is 0 Å². The summed E-state index contributed by atoms with van der Waals surface area (Å²) in [5.74, 6) is 0. The van der Waals surface area contributed by atoms with Crippen LogP contribution in [0.4, 0.5) is 0 Å². The Labute approximate surface area is 85.3 Å². The van der Waals surface area contributed by atoms with Crippen LogP contribution in [0.5, 0.6) is 0 Å². The van der Waals surface area contributed by atoms with Crippen molar-refractivity contribution in [2.75, 3.05) is 20.1 Å². The number of rotatable bonds is 5. The van der Waals surface area contributed by atoms with E-state index in [-0.39, 0.29) is 0 Å². The third-order valence-corrected chi connectivity index (χ3v) is 1.13. The van der Waals surface area contributed by atoms with Crippen LogP contribution in [0, 0.1) is 0 Å². The first-order valence-corrected chi connectivity index (χ1v) is 5.61. The molecule has 0 aliphatic carbocycles. The average molecular weight is 190 g/mol. The Morgan fingerprint density at radius 2 is 1.31 bits per heavy atom. The van der Waals surface area contributed by atoms with Crippen LogP contribution in [0.25, 0.3) is 0 Å². The third kappa shape index (κ3) is 48.5. The zero-order valence-corrected chi connectivity index (χ0v) is 10.3. The lowest BCUT2D eigenvalue weighted by Gasteiger charge is -1.98. The molecule has 84 valence electrons. The highest BCUT2D eigenvalue weighted by molar-refractivity contribution is 4.43. The van der Waals surface area contributed by atoms with Gasteiger partial charge in [-0.15, -0.1) is 0 Å². The largest absolute Gasteiger partial charge is 0.333 e. The van der Waals surface area contributed by atoms with Gasteiger partial charge >= 0.3 is 0 Å². The van der Waals surface area contributed by atoms with E-state index >= 15 is 0 Å². The van der Waals surface area contributed by atoms with Crippen LogP contribution in [-0.2, 0) is 0 Å². The topological polar surface area (TPSA) is 38.0 Å². The van der Waals surface area contributed by atoms with Gasteiger partial charge in [-0.1, -0.05) is 40.5 Å². The predicted molar refractivity (Wildman–Crippen MR) is 64.1 cm³/mol. The van der Waals surface area contributed by atoms with E-state index in [0.29, 0.717) is 0 Å². The molecule has 0 rings (SSSR count). The molecule has 3 N–H and O–H groups in total. The molecule has 0 bridgehead atoms. The van der Waals surface area contributed by atoms with Gasteiger partial charge in [0.2, 0.25) is 0 Å². The fraction of sp³-hybridized carbons (Fsp3) is 1.00. The molecule has 0 aromatic carbocycles. The lowest BCUT2D eigenvalue weighted by atomic mass is 10.3. The fourth-order valence-electron chi connectivity index (χ4n) is 0.604. The predicted octanol–water partition coefficient (Wildman–Crippen LogP) is 2.78. The van der Waals surface area contributed by atoms with E-state index in [1.807, 2.05) is 0 Å². The summed E-state index contributed by atoms with van der Waals surface area (Å²) >= 11 is 0. The van der Waals surface area contributed by atoms with Crippen molar-refractivity contribution in [1.82, 2.24) is 5.32 Å². The van der Waals surface area contributed by atoms with Gasteiger partial charge in [0.05, 0.1) is 0 Å². The number of nitrogens with one attached hydrogen (secondary N) is 1. The normalized spacial score (nSPS) is 7.85. The number of nitrogens with two attached hydrogens (primary N) is 1. The van der Waals surface area contributed by atoms with Gasteiger partial charge in [-0.05, 0) is 33.0 Å². The summed E-state index contributed by atoms with van der Waals surface area (Å²) in [5, 5.41) is 3.34. The van der Waals surface area contributed by atoms with E-state index in [2.05, 4.69) is 38.7 Å². The summed E-state index contributed by atoms with van der Waals surface area (Å²) in [6, 6.07) is 0. The molecule has 2 heteroatoms. The van der Waals surface area contributed by atoms with E-state index in [4.69, 9.17) is 0 Å². The van der Waals surface area contributed by atoms with Gasteiger partial charge in [-0.25, -0.2) is 0 Å². The maximum atomic E-state index is 4.50. The molecule has 0 heterocycles. The van der Waals surface area contributed by atoms with Crippen molar-refractivity contribution in [3.8, 4) is 0 Å². The molecule has 2 nitrogen and oxygen atoms in total. The molecule has 0 amide bonds. The highest BCUT2D eigenvalue weighted by atomic mass is 14.8. The molecular formula is C11H30N2. The van der Waals surface area contributed by atoms with Crippen LogP contribution in [0.2, 0.25) is 0 Å². The molecule has 0 aliphatic heterocycles. The minimum atomic E-state index is 1.18. The molecule has 0 aromatic heterocycles. The summed E-state index contributed by atoms with van der Waals surface area (Å²) in [6.45, 7) is 11.0. The van der Waals surface area contributed by atoms with Crippen molar-refractivity contribution in [3.05, 3.63) is 0 Å². The van der Waals surface area contributed by atoms with Crippen molar-refractivity contribution in [1.29, 1.82) is 0 Å². The van der Waals surface area contributed by atoms with Crippen LogP contribution in [0.1, 0.15) is 53.4 Å². The third-order valence-electron chi connectivity index (χ3n) is 1.13. The van der Waals surface area contributed by atoms with Crippen molar-refractivity contribution in [3.63, 3.8) is 0 Å². The molecular weight excluding hydrogens is 160 g/mol. The number of hydrogen-bond acceptors (Lipinski definition) is 2. The minimum Gasteiger partial charge on any atom is -0.333 e. The van der Waals surface area contributed by atoms with Crippen LogP contribution in [-0.4, -0.2) is 20.1 Å². The van der Waals surface area contributed by atoms with Crippen LogP contribution in [0.3, 0.4) is 0 Å². The summed E-state index contributed by atoms with van der Waals surface area (Å²) in [6.07, 6.45) is 5.13. The summed E-state index contributed by atoms with van der Waals surface area (Å²) in [4.78, 5) is 0. The first kappa shape index (κ1) is 18.7. The fourth-order valence-corrected chi connectivity index (χ4v) is 0.604. The van der Waals surface area contributed by atoms with Gasteiger partial charge in [0.15, 0.2) is 0 Å². The van der Waals surface area contributed by atoms with Crippen LogP contribution >= 0.6 is 0 Å². The van der Waals surface area contributed by atoms with E-state index in [9.17, 15) is 0 Å². The smallest absolute Gasteiger partial charge is 0.00490 e. The summed E-state index contributed by atoms with van der Waals surface area (Å²) in [7, 11) is 1.50. The highest BCUT2D eigenvalue weighted by Crippen LogP contribution is 1.81. The summed E-state index contributed by atoms with van der Waals surface area (Å²) in [5.41, 5.74) is 4.50. The van der Waals surface area contributed by atoms with Crippen LogP contribution < -0.4 is 11.1 Å². The van der Waals surface area contributed by atoms with Gasteiger partial charge in [0.1, 0.15) is 0 Å². The second-order valence-electron chi connectivity index (χ2n) is 2.81. The van der Waals surface area contributed by atoms with Crippen LogP contribution in [0.15, 0.2) is 0 Å².